The van der Waals surface area contributed by atoms with Gasteiger partial charge in [-0.2, -0.15) is 4.39 Å². The van der Waals surface area contributed by atoms with Crippen LogP contribution >= 0.6 is 0 Å². The average Bonchev–Trinajstić information content (AvgIpc) is 3.07. The number of pyridine rings is 1. The summed E-state index contributed by atoms with van der Waals surface area (Å²) in [5.74, 6) is 0.122. The van der Waals surface area contributed by atoms with Gasteiger partial charge in [-0.1, -0.05) is 18.2 Å². The summed E-state index contributed by atoms with van der Waals surface area (Å²) < 4.78 is 19.1. The summed E-state index contributed by atoms with van der Waals surface area (Å²) in [5, 5.41) is 6.08. The maximum absolute atomic E-state index is 13.9. The molecule has 2 aliphatic rings. The van der Waals surface area contributed by atoms with Gasteiger partial charge in [0.2, 0.25) is 5.95 Å². The minimum atomic E-state index is -0.513. The number of amides is 1. The summed E-state index contributed by atoms with van der Waals surface area (Å²) >= 11 is 0. The first-order chi connectivity index (χ1) is 13.1. The molecule has 0 bridgehead atoms. The van der Waals surface area contributed by atoms with Crippen LogP contribution in [0.15, 0.2) is 60.0 Å². The molecule has 6 heteroatoms. The number of ether oxygens (including phenoxy) is 1. The number of hydrogen-bond acceptors (Lipinski definition) is 4. The monoisotopic (exact) mass is 365 g/mol. The van der Waals surface area contributed by atoms with Crippen LogP contribution in [-0.4, -0.2) is 18.0 Å². The first-order valence-electron chi connectivity index (χ1n) is 8.85. The number of halogens is 1. The molecule has 2 N–H and O–H groups in total. The predicted molar refractivity (Wildman–Crippen MR) is 101 cm³/mol. The maximum atomic E-state index is 13.9. The highest BCUT2D eigenvalue weighted by molar-refractivity contribution is 5.97. The highest BCUT2D eigenvalue weighted by atomic mass is 19.1. The number of nitrogens with one attached hydrogen (secondary N) is 2. The molecule has 2 atom stereocenters. The second-order valence-corrected chi connectivity index (χ2v) is 6.71. The molecular weight excluding hydrogens is 345 g/mol. The number of allylic oxidation sites excluding steroid dienone is 2. The van der Waals surface area contributed by atoms with Gasteiger partial charge in [-0.05, 0) is 48.7 Å². The third kappa shape index (κ3) is 3.18. The number of carbonyl (C=O) groups is 1. The van der Waals surface area contributed by atoms with Crippen molar-refractivity contribution >= 4 is 11.6 Å². The molecular formula is C21H20FN3O2. The van der Waals surface area contributed by atoms with Crippen molar-refractivity contribution in [1.82, 2.24) is 10.3 Å². The number of benzene rings is 1. The fourth-order valence-corrected chi connectivity index (χ4v) is 3.56. The van der Waals surface area contributed by atoms with E-state index in [1.165, 1.54) is 6.20 Å². The smallest absolute Gasteiger partial charge is 0.251 e. The van der Waals surface area contributed by atoms with Gasteiger partial charge in [-0.15, -0.1) is 0 Å². The fourth-order valence-electron chi connectivity index (χ4n) is 3.56. The molecule has 1 amide bonds. The summed E-state index contributed by atoms with van der Waals surface area (Å²) in [4.78, 5) is 16.4. The second kappa shape index (κ2) is 6.87. The van der Waals surface area contributed by atoms with Gasteiger partial charge in [0.25, 0.3) is 5.91 Å². The Labute approximate surface area is 157 Å². The lowest BCUT2D eigenvalue weighted by atomic mass is 9.89. The quantitative estimate of drug-likeness (QED) is 0.809. The molecule has 4 rings (SSSR count). The molecule has 0 saturated carbocycles. The van der Waals surface area contributed by atoms with E-state index in [4.69, 9.17) is 4.74 Å². The Bertz CT molecular complexity index is 968. The summed E-state index contributed by atoms with van der Waals surface area (Å²) in [6, 6.07) is 9.26. The van der Waals surface area contributed by atoms with Crippen LogP contribution in [0.4, 0.5) is 10.1 Å². The molecule has 1 aromatic carbocycles. The minimum Gasteiger partial charge on any atom is -0.497 e. The van der Waals surface area contributed by atoms with Crippen molar-refractivity contribution in [1.29, 1.82) is 0 Å². The van der Waals surface area contributed by atoms with E-state index in [0.717, 1.165) is 22.6 Å². The first kappa shape index (κ1) is 17.3. The number of nitrogens with zero attached hydrogens (tertiary/aromatic N) is 1. The number of aromatic nitrogens is 1. The van der Waals surface area contributed by atoms with Crippen LogP contribution in [-0.2, 0) is 4.79 Å². The van der Waals surface area contributed by atoms with Gasteiger partial charge >= 0.3 is 0 Å². The summed E-state index contributed by atoms with van der Waals surface area (Å²) in [5.41, 5.74) is 3.66. The van der Waals surface area contributed by atoms with Crippen LogP contribution in [0.5, 0.6) is 5.75 Å². The zero-order valence-electron chi connectivity index (χ0n) is 15.1. The van der Waals surface area contributed by atoms with Crippen molar-refractivity contribution in [2.75, 3.05) is 12.4 Å². The third-order valence-corrected chi connectivity index (χ3v) is 5.05. The molecule has 0 spiro atoms. The van der Waals surface area contributed by atoms with Gasteiger partial charge in [-0.3, -0.25) is 4.79 Å². The number of methoxy groups -OCH3 is 1. The van der Waals surface area contributed by atoms with E-state index < -0.39 is 5.95 Å². The zero-order valence-corrected chi connectivity index (χ0v) is 15.1. The highest BCUT2D eigenvalue weighted by Crippen LogP contribution is 2.43. The Morgan fingerprint density at radius 1 is 1.41 bits per heavy atom. The Morgan fingerprint density at radius 3 is 3.07 bits per heavy atom. The number of carbonyl (C=O) groups excluding carboxylic acids is 1. The van der Waals surface area contributed by atoms with Gasteiger partial charge in [0.1, 0.15) is 5.75 Å². The average molecular weight is 365 g/mol. The molecule has 0 saturated heterocycles. The highest BCUT2D eigenvalue weighted by Gasteiger charge is 2.32. The molecule has 1 aliphatic carbocycles. The molecule has 2 unspecified atom stereocenters. The number of rotatable bonds is 4. The lowest BCUT2D eigenvalue weighted by Gasteiger charge is -2.19. The summed E-state index contributed by atoms with van der Waals surface area (Å²) in [6.45, 7) is 1.93. The molecule has 5 nitrogen and oxygen atoms in total. The van der Waals surface area contributed by atoms with Gasteiger partial charge in [0.05, 0.1) is 18.8 Å². The number of anilines is 1. The van der Waals surface area contributed by atoms with Gasteiger partial charge < -0.3 is 15.4 Å². The van der Waals surface area contributed by atoms with Crippen LogP contribution < -0.4 is 15.4 Å². The Kier molecular flexibility index (Phi) is 4.39. The predicted octanol–water partition coefficient (Wildman–Crippen LogP) is 3.83. The Balaban J connectivity index is 1.49. The Hall–Kier alpha value is -3.15. The lowest BCUT2D eigenvalue weighted by molar-refractivity contribution is -0.117. The number of fused-ring (bicyclic) bond motifs is 3. The lowest BCUT2D eigenvalue weighted by Crippen LogP contribution is -2.28. The van der Waals surface area contributed by atoms with E-state index in [2.05, 4.69) is 15.6 Å². The first-order valence-corrected chi connectivity index (χ1v) is 8.85. The molecule has 2 aromatic rings. The van der Waals surface area contributed by atoms with Gasteiger partial charge in [-0.25, -0.2) is 4.98 Å². The van der Waals surface area contributed by atoms with Gasteiger partial charge in [0.15, 0.2) is 0 Å². The molecule has 27 heavy (non-hydrogen) atoms. The third-order valence-electron chi connectivity index (χ3n) is 5.05. The van der Waals surface area contributed by atoms with Crippen LogP contribution in [0, 0.1) is 5.95 Å². The van der Waals surface area contributed by atoms with Crippen molar-refractivity contribution in [3.8, 4) is 5.75 Å². The molecule has 0 fully saturated rings. The minimum absolute atomic E-state index is 0.0462. The summed E-state index contributed by atoms with van der Waals surface area (Å²) in [7, 11) is 1.61. The number of hydrogen-bond donors (Lipinski definition) is 2. The van der Waals surface area contributed by atoms with Crippen LogP contribution in [0.3, 0.4) is 0 Å². The summed E-state index contributed by atoms with van der Waals surface area (Å²) in [6.07, 6.45) is 5.81. The fraction of sp³-hybridized carbons (Fsp3) is 0.238. The van der Waals surface area contributed by atoms with Crippen molar-refractivity contribution in [2.24, 2.45) is 0 Å². The van der Waals surface area contributed by atoms with E-state index in [9.17, 15) is 9.18 Å². The molecule has 2 heterocycles. The molecule has 0 radical (unpaired) electrons. The normalized spacial score (nSPS) is 18.4. The van der Waals surface area contributed by atoms with E-state index in [1.807, 2.05) is 43.3 Å². The molecule has 1 aliphatic heterocycles. The molecule has 138 valence electrons. The van der Waals surface area contributed by atoms with Crippen molar-refractivity contribution in [3.63, 3.8) is 0 Å². The second-order valence-electron chi connectivity index (χ2n) is 6.71. The van der Waals surface area contributed by atoms with E-state index in [-0.39, 0.29) is 17.9 Å². The van der Waals surface area contributed by atoms with E-state index in [0.29, 0.717) is 17.7 Å². The van der Waals surface area contributed by atoms with Crippen molar-refractivity contribution < 1.29 is 13.9 Å². The SMILES string of the molecule is COc1cccc(C(C)NC(=O)C2=CCC3C(=C2)Nc2c3ccnc2F)c1. The topological polar surface area (TPSA) is 63.2 Å². The largest absolute Gasteiger partial charge is 0.497 e. The van der Waals surface area contributed by atoms with Gasteiger partial charge in [0, 0.05) is 23.4 Å². The zero-order chi connectivity index (χ0) is 19.0. The van der Waals surface area contributed by atoms with Crippen LogP contribution in [0.2, 0.25) is 0 Å². The van der Waals surface area contributed by atoms with E-state index >= 15 is 0 Å². The molecule has 1 aromatic heterocycles. The van der Waals surface area contributed by atoms with E-state index in [1.54, 1.807) is 13.2 Å². The van der Waals surface area contributed by atoms with Crippen LogP contribution in [0.25, 0.3) is 0 Å². The van der Waals surface area contributed by atoms with Crippen molar-refractivity contribution in [2.45, 2.75) is 25.3 Å². The standard InChI is InChI=1S/C21H20FN3O2/c1-12(13-4-3-5-15(10-13)27-2)24-21(26)14-6-7-16-17-8-9-23-20(22)19(17)25-18(16)11-14/h3-6,8-12,16,25H,7H2,1-2H3,(H,24,26). The van der Waals surface area contributed by atoms with Crippen molar-refractivity contribution in [3.05, 3.63) is 77.0 Å². The Morgan fingerprint density at radius 2 is 2.26 bits per heavy atom. The maximum Gasteiger partial charge on any atom is 0.251 e. The van der Waals surface area contributed by atoms with Crippen LogP contribution in [0.1, 0.15) is 36.4 Å².